The number of nitrogens with zero attached hydrogens (tertiary/aromatic N) is 5. The third kappa shape index (κ3) is 5.57. The molecule has 11 heteroatoms. The first-order valence-electron chi connectivity index (χ1n) is 12.2. The van der Waals surface area contributed by atoms with Gasteiger partial charge in [-0.3, -0.25) is 14.8 Å². The number of ether oxygens (including phenoxy) is 1. The molecular formula is C28H28N8O3. The number of pyridine rings is 1. The van der Waals surface area contributed by atoms with Crippen LogP contribution in [0, 0.1) is 13.8 Å². The summed E-state index contributed by atoms with van der Waals surface area (Å²) in [6.45, 7) is 4.11. The number of urea groups is 2. The van der Waals surface area contributed by atoms with Gasteiger partial charge in [-0.05, 0) is 55.8 Å². The van der Waals surface area contributed by atoms with Crippen molar-refractivity contribution in [2.45, 2.75) is 20.4 Å². The first-order chi connectivity index (χ1) is 18.8. The van der Waals surface area contributed by atoms with Crippen LogP contribution in [0.1, 0.15) is 16.8 Å². The van der Waals surface area contributed by atoms with Crippen molar-refractivity contribution in [3.63, 3.8) is 0 Å². The van der Waals surface area contributed by atoms with E-state index in [1.165, 1.54) is 4.90 Å². The van der Waals surface area contributed by atoms with Gasteiger partial charge in [0, 0.05) is 41.9 Å². The summed E-state index contributed by atoms with van der Waals surface area (Å²) in [5, 5.41) is 8.75. The number of fused-ring (bicyclic) bond motifs is 1. The van der Waals surface area contributed by atoms with E-state index in [0.717, 1.165) is 22.5 Å². The SMILES string of the molecule is COc1cccc(NC(=O)Nc2ccc(C)c(N3Cc4cnc(Nc5ccc(C)nc5)nc4N(C)C3=O)c2)c1. The molecule has 11 nitrogen and oxygen atoms in total. The van der Waals surface area contributed by atoms with Crippen molar-refractivity contribution in [3.8, 4) is 5.75 Å². The fraction of sp³-hybridized carbons (Fsp3) is 0.179. The average molecular weight is 525 g/mol. The van der Waals surface area contributed by atoms with Gasteiger partial charge in [-0.15, -0.1) is 0 Å². The van der Waals surface area contributed by atoms with Gasteiger partial charge in [-0.2, -0.15) is 4.98 Å². The van der Waals surface area contributed by atoms with Gasteiger partial charge in [0.1, 0.15) is 11.6 Å². The van der Waals surface area contributed by atoms with E-state index in [1.807, 2.05) is 32.0 Å². The number of carbonyl (C=O) groups is 2. The number of aromatic nitrogens is 3. The first-order valence-corrected chi connectivity index (χ1v) is 12.2. The number of amides is 4. The van der Waals surface area contributed by atoms with Crippen molar-refractivity contribution >= 4 is 46.6 Å². The number of nitrogens with one attached hydrogen (secondary N) is 3. The van der Waals surface area contributed by atoms with Gasteiger partial charge >= 0.3 is 12.1 Å². The van der Waals surface area contributed by atoms with Gasteiger partial charge in [0.25, 0.3) is 0 Å². The number of aryl methyl sites for hydroxylation is 2. The van der Waals surface area contributed by atoms with E-state index in [4.69, 9.17) is 4.74 Å². The highest BCUT2D eigenvalue weighted by Gasteiger charge is 2.31. The normalized spacial score (nSPS) is 12.6. The van der Waals surface area contributed by atoms with Gasteiger partial charge in [-0.1, -0.05) is 12.1 Å². The third-order valence-electron chi connectivity index (χ3n) is 6.26. The van der Waals surface area contributed by atoms with E-state index in [0.29, 0.717) is 34.6 Å². The molecular weight excluding hydrogens is 496 g/mol. The molecule has 198 valence electrons. The van der Waals surface area contributed by atoms with Crippen molar-refractivity contribution in [2.75, 3.05) is 39.9 Å². The number of hydrogen-bond acceptors (Lipinski definition) is 7. The predicted octanol–water partition coefficient (Wildman–Crippen LogP) is 5.46. The number of methoxy groups -OCH3 is 1. The molecule has 0 saturated heterocycles. The van der Waals surface area contributed by atoms with Gasteiger partial charge in [0.15, 0.2) is 0 Å². The van der Waals surface area contributed by atoms with Crippen LogP contribution in [0.4, 0.5) is 44.1 Å². The molecule has 3 N–H and O–H groups in total. The van der Waals surface area contributed by atoms with E-state index >= 15 is 0 Å². The molecule has 4 aromatic rings. The van der Waals surface area contributed by atoms with E-state index in [2.05, 4.69) is 30.9 Å². The topological polar surface area (TPSA) is 125 Å². The Bertz CT molecular complexity index is 1540. The third-order valence-corrected chi connectivity index (χ3v) is 6.26. The van der Waals surface area contributed by atoms with Gasteiger partial charge in [-0.25, -0.2) is 14.6 Å². The Labute approximate surface area is 225 Å². The number of carbonyl (C=O) groups excluding carboxylic acids is 2. The van der Waals surface area contributed by atoms with Crippen molar-refractivity contribution in [1.29, 1.82) is 0 Å². The highest BCUT2D eigenvalue weighted by atomic mass is 16.5. The molecule has 1 aliphatic heterocycles. The van der Waals surface area contributed by atoms with E-state index in [-0.39, 0.29) is 12.6 Å². The van der Waals surface area contributed by atoms with E-state index in [1.54, 1.807) is 67.8 Å². The van der Waals surface area contributed by atoms with Gasteiger partial charge in [0.2, 0.25) is 5.95 Å². The second-order valence-electron chi connectivity index (χ2n) is 9.10. The highest BCUT2D eigenvalue weighted by Crippen LogP contribution is 2.33. The van der Waals surface area contributed by atoms with Crippen LogP contribution in [0.5, 0.6) is 5.75 Å². The minimum absolute atomic E-state index is 0.245. The smallest absolute Gasteiger partial charge is 0.330 e. The zero-order valence-corrected chi connectivity index (χ0v) is 22.0. The second-order valence-corrected chi connectivity index (χ2v) is 9.10. The Morgan fingerprint density at radius 1 is 0.949 bits per heavy atom. The Balaban J connectivity index is 1.33. The molecule has 0 unspecified atom stereocenters. The summed E-state index contributed by atoms with van der Waals surface area (Å²) in [6, 6.07) is 15.6. The predicted molar refractivity (Wildman–Crippen MR) is 151 cm³/mol. The zero-order valence-electron chi connectivity index (χ0n) is 22.0. The molecule has 39 heavy (non-hydrogen) atoms. The number of hydrogen-bond donors (Lipinski definition) is 3. The summed E-state index contributed by atoms with van der Waals surface area (Å²) in [7, 11) is 3.24. The number of benzene rings is 2. The minimum Gasteiger partial charge on any atom is -0.497 e. The standard InChI is InChI=1S/C28H28N8O3/c1-17-8-10-21(33-27(37)32-20-6-5-7-23(12-20)39-4)13-24(17)36-16-19-14-30-26(34-25(19)35(3)28(36)38)31-22-11-9-18(2)29-15-22/h5-15H,16H2,1-4H3,(H,30,31,34)(H2,32,33,37). The van der Waals surface area contributed by atoms with Gasteiger partial charge in [0.05, 0.1) is 31.2 Å². The van der Waals surface area contributed by atoms with Crippen LogP contribution in [0.3, 0.4) is 0 Å². The van der Waals surface area contributed by atoms with E-state index < -0.39 is 6.03 Å². The van der Waals surface area contributed by atoms with Crippen LogP contribution >= 0.6 is 0 Å². The summed E-state index contributed by atoms with van der Waals surface area (Å²) < 4.78 is 5.20. The molecule has 0 fully saturated rings. The molecule has 0 bridgehead atoms. The molecule has 0 radical (unpaired) electrons. The molecule has 2 aromatic heterocycles. The van der Waals surface area contributed by atoms with Crippen molar-refractivity contribution in [2.24, 2.45) is 0 Å². The molecule has 5 rings (SSSR count). The fourth-order valence-electron chi connectivity index (χ4n) is 4.20. The monoisotopic (exact) mass is 524 g/mol. The maximum absolute atomic E-state index is 13.4. The van der Waals surface area contributed by atoms with Gasteiger partial charge < -0.3 is 20.7 Å². The summed E-state index contributed by atoms with van der Waals surface area (Å²) >= 11 is 0. The van der Waals surface area contributed by atoms with Crippen LogP contribution in [0.25, 0.3) is 0 Å². The van der Waals surface area contributed by atoms with Crippen molar-refractivity contribution in [3.05, 3.63) is 83.8 Å². The Hall–Kier alpha value is -5.19. The molecule has 3 heterocycles. The molecule has 2 aromatic carbocycles. The first kappa shape index (κ1) is 25.5. The lowest BCUT2D eigenvalue weighted by Crippen LogP contribution is -2.46. The van der Waals surface area contributed by atoms with Crippen LogP contribution in [0.2, 0.25) is 0 Å². The molecule has 0 spiro atoms. The van der Waals surface area contributed by atoms with Crippen LogP contribution in [0.15, 0.2) is 67.0 Å². The lowest BCUT2D eigenvalue weighted by Gasteiger charge is -2.35. The molecule has 4 amide bonds. The summed E-state index contributed by atoms with van der Waals surface area (Å²) in [5.74, 6) is 1.54. The number of anilines is 6. The zero-order chi connectivity index (χ0) is 27.5. The van der Waals surface area contributed by atoms with E-state index in [9.17, 15) is 9.59 Å². The summed E-state index contributed by atoms with van der Waals surface area (Å²) in [6.07, 6.45) is 3.41. The molecule has 0 atom stereocenters. The Morgan fingerprint density at radius 3 is 2.46 bits per heavy atom. The second kappa shape index (κ2) is 10.7. The van der Waals surface area contributed by atoms with Crippen LogP contribution in [-0.4, -0.2) is 41.2 Å². The number of rotatable bonds is 6. The quantitative estimate of drug-likeness (QED) is 0.306. The Kier molecular flexibility index (Phi) is 6.96. The average Bonchev–Trinajstić information content (AvgIpc) is 2.93. The maximum atomic E-state index is 13.4. The molecule has 1 aliphatic rings. The summed E-state index contributed by atoms with van der Waals surface area (Å²) in [5.41, 5.74) is 5.13. The highest BCUT2D eigenvalue weighted by molar-refractivity contribution is 6.06. The maximum Gasteiger partial charge on any atom is 0.330 e. The van der Waals surface area contributed by atoms with Crippen LogP contribution < -0.4 is 30.5 Å². The fourth-order valence-corrected chi connectivity index (χ4v) is 4.20. The van der Waals surface area contributed by atoms with Crippen molar-refractivity contribution < 1.29 is 14.3 Å². The lowest BCUT2D eigenvalue weighted by atomic mass is 10.1. The Morgan fingerprint density at radius 2 is 1.72 bits per heavy atom. The minimum atomic E-state index is -0.414. The van der Waals surface area contributed by atoms with Crippen LogP contribution in [-0.2, 0) is 6.54 Å². The molecule has 0 aliphatic carbocycles. The summed E-state index contributed by atoms with van der Waals surface area (Å²) in [4.78, 5) is 42.5. The molecule has 0 saturated carbocycles. The van der Waals surface area contributed by atoms with Crippen molar-refractivity contribution in [1.82, 2.24) is 15.0 Å². The largest absolute Gasteiger partial charge is 0.497 e. The lowest BCUT2D eigenvalue weighted by molar-refractivity contribution is 0.251.